The summed E-state index contributed by atoms with van der Waals surface area (Å²) in [7, 11) is 0. The highest BCUT2D eigenvalue weighted by atomic mass is 32.2. The predicted octanol–water partition coefficient (Wildman–Crippen LogP) is 6.48. The first kappa shape index (κ1) is 37.6. The van der Waals surface area contributed by atoms with Crippen LogP contribution in [0.4, 0.5) is 4.39 Å². The highest BCUT2D eigenvalue weighted by molar-refractivity contribution is 8.00. The summed E-state index contributed by atoms with van der Waals surface area (Å²) in [6.45, 7) is 6.62. The minimum absolute atomic E-state index is 0.212. The molecule has 2 bridgehead atoms. The molecule has 2 heterocycles. The molecule has 50 heavy (non-hydrogen) atoms. The first-order valence-electron chi connectivity index (χ1n) is 16.5. The Balaban J connectivity index is 1.66. The van der Waals surface area contributed by atoms with Crippen LogP contribution in [0.2, 0.25) is 0 Å². The zero-order valence-electron chi connectivity index (χ0n) is 28.3. The Morgan fingerprint density at radius 1 is 0.820 bits per heavy atom. The number of halogens is 1. The number of ether oxygens (including phenoxy) is 4. The SMILES string of the molecule is C[C@@H]1/C=C\C[C@@H](CF)S[C@H]2O[C@H]([C@@H]1N[S@+]([O-])C(C)(C)C)[C@H](OC(=O)c1ccccc1)[C@H](OC(=O)c1ccccc1)[C@H]2OC(=O)c1ccccc1. The second kappa shape index (κ2) is 17.0. The Bertz CT molecular complexity index is 1610. The molecule has 0 saturated carbocycles. The summed E-state index contributed by atoms with van der Waals surface area (Å²) in [4.78, 5) is 41.2. The summed E-state index contributed by atoms with van der Waals surface area (Å²) in [6.07, 6.45) is -1.20. The Kier molecular flexibility index (Phi) is 12.8. The Morgan fingerprint density at radius 3 is 1.74 bits per heavy atom. The quantitative estimate of drug-likeness (QED) is 0.114. The fourth-order valence-electron chi connectivity index (χ4n) is 5.61. The van der Waals surface area contributed by atoms with Crippen molar-refractivity contribution in [3.8, 4) is 0 Å². The van der Waals surface area contributed by atoms with Crippen molar-refractivity contribution in [1.82, 2.24) is 4.72 Å². The molecule has 3 aromatic rings. The molecule has 2 aliphatic rings. The van der Waals surface area contributed by atoms with Gasteiger partial charge in [-0.25, -0.2) is 18.8 Å². The van der Waals surface area contributed by atoms with E-state index in [0.29, 0.717) is 6.42 Å². The van der Waals surface area contributed by atoms with E-state index in [1.165, 1.54) is 0 Å². The summed E-state index contributed by atoms with van der Waals surface area (Å²) >= 11 is -0.520. The van der Waals surface area contributed by atoms with Crippen LogP contribution in [0.3, 0.4) is 0 Å². The molecule has 3 aromatic carbocycles. The van der Waals surface area contributed by atoms with Crippen LogP contribution in [0.25, 0.3) is 0 Å². The van der Waals surface area contributed by atoms with Gasteiger partial charge in [-0.1, -0.05) is 73.7 Å². The molecule has 0 radical (unpaired) electrons. The van der Waals surface area contributed by atoms with Crippen LogP contribution in [-0.4, -0.2) is 75.0 Å². The average Bonchev–Trinajstić information content (AvgIpc) is 3.12. The van der Waals surface area contributed by atoms with Gasteiger partial charge >= 0.3 is 17.9 Å². The number of rotatable bonds is 9. The van der Waals surface area contributed by atoms with E-state index in [1.54, 1.807) is 91.0 Å². The van der Waals surface area contributed by atoms with Crippen LogP contribution in [0.5, 0.6) is 0 Å². The van der Waals surface area contributed by atoms with Crippen molar-refractivity contribution in [2.45, 2.75) is 80.0 Å². The molecule has 0 aliphatic carbocycles. The van der Waals surface area contributed by atoms with Crippen LogP contribution in [-0.2, 0) is 30.3 Å². The molecule has 12 heteroatoms. The van der Waals surface area contributed by atoms with E-state index in [0.717, 1.165) is 11.8 Å². The molecule has 1 fully saturated rings. The van der Waals surface area contributed by atoms with Gasteiger partial charge in [0.25, 0.3) is 0 Å². The van der Waals surface area contributed by atoms with Crippen LogP contribution in [0, 0.1) is 5.92 Å². The van der Waals surface area contributed by atoms with Gasteiger partial charge in [-0.05, 0) is 69.5 Å². The van der Waals surface area contributed by atoms with Crippen LogP contribution >= 0.6 is 11.8 Å². The summed E-state index contributed by atoms with van der Waals surface area (Å²) in [5.41, 5.74) is -0.421. The van der Waals surface area contributed by atoms with E-state index < -0.39 is 81.8 Å². The van der Waals surface area contributed by atoms with Crippen LogP contribution < -0.4 is 4.72 Å². The normalized spacial score (nSPS) is 28.0. The molecule has 0 unspecified atom stereocenters. The van der Waals surface area contributed by atoms with E-state index >= 15 is 0 Å². The van der Waals surface area contributed by atoms with Crippen LogP contribution in [0.1, 0.15) is 65.2 Å². The molecule has 2 aliphatic heterocycles. The topological polar surface area (TPSA) is 123 Å². The summed E-state index contributed by atoms with van der Waals surface area (Å²) in [6, 6.07) is 24.0. The van der Waals surface area contributed by atoms with E-state index in [-0.39, 0.29) is 22.6 Å². The monoisotopic (exact) mass is 723 g/mol. The molecule has 266 valence electrons. The number of carbonyl (C=O) groups excluding carboxylic acids is 3. The molecular formula is C38H42FNO8S2. The number of benzene rings is 3. The number of nitrogens with one attached hydrogen (secondary N) is 1. The van der Waals surface area contributed by atoms with Gasteiger partial charge in [0.2, 0.25) is 0 Å². The molecule has 9 nitrogen and oxygen atoms in total. The highest BCUT2D eigenvalue weighted by Gasteiger charge is 2.57. The van der Waals surface area contributed by atoms with E-state index in [2.05, 4.69) is 4.72 Å². The minimum atomic E-state index is -1.62. The standard InChI is InChI=1S/C38H42FNO8S2/c1-24-15-14-22-28(23-39)49-37-33(47-36(43)27-20-12-7-13-21-27)32(46-35(42)26-18-10-6-11-19-26)31(45-34(41)25-16-8-5-9-17-25)30(48-37)29(24)40-50(44)38(2,3)4/h5-21,24,28-33,37,40H,22-23H2,1-4H3/b15-14-/t24-,28+,29-,30-,31+,32+,33-,37-,50-/m1/s1. The third-order valence-corrected chi connectivity index (χ3v) is 11.3. The number of hydrogen-bond acceptors (Lipinski definition) is 10. The fourth-order valence-corrected chi connectivity index (χ4v) is 7.79. The number of fused-ring (bicyclic) bond motifs is 2. The van der Waals surface area contributed by atoms with Gasteiger partial charge in [-0.15, -0.1) is 16.5 Å². The molecule has 5 rings (SSSR count). The zero-order chi connectivity index (χ0) is 35.8. The number of alkyl halides is 1. The molecule has 1 N–H and O–H groups in total. The van der Waals surface area contributed by atoms with Gasteiger partial charge in [0.1, 0.15) is 23.0 Å². The van der Waals surface area contributed by atoms with Crippen molar-refractivity contribution in [3.05, 3.63) is 120 Å². The lowest BCUT2D eigenvalue weighted by molar-refractivity contribution is -0.207. The maximum absolute atomic E-state index is 14.5. The molecule has 0 spiro atoms. The van der Waals surface area contributed by atoms with E-state index in [9.17, 15) is 23.3 Å². The van der Waals surface area contributed by atoms with Crippen molar-refractivity contribution in [2.75, 3.05) is 6.67 Å². The average molecular weight is 724 g/mol. The Hall–Kier alpha value is -3.68. The van der Waals surface area contributed by atoms with E-state index in [1.807, 2.05) is 39.8 Å². The van der Waals surface area contributed by atoms with Crippen molar-refractivity contribution in [2.24, 2.45) is 5.92 Å². The highest BCUT2D eigenvalue weighted by Crippen LogP contribution is 2.40. The fraction of sp³-hybridized carbons (Fsp3) is 0.395. The van der Waals surface area contributed by atoms with Gasteiger partial charge in [0.15, 0.2) is 18.3 Å². The minimum Gasteiger partial charge on any atom is -0.598 e. The summed E-state index contributed by atoms with van der Waals surface area (Å²) in [5, 5.41) is -0.607. The molecular weight excluding hydrogens is 682 g/mol. The second-order valence-electron chi connectivity index (χ2n) is 13.1. The number of thioether (sulfide) groups is 1. The van der Waals surface area contributed by atoms with Crippen molar-refractivity contribution in [1.29, 1.82) is 0 Å². The van der Waals surface area contributed by atoms with E-state index in [4.69, 9.17) is 18.9 Å². The third kappa shape index (κ3) is 9.35. The summed E-state index contributed by atoms with van der Waals surface area (Å²) in [5.74, 6) is -2.62. The maximum atomic E-state index is 14.5. The van der Waals surface area contributed by atoms with Crippen molar-refractivity contribution in [3.63, 3.8) is 0 Å². The molecule has 9 atom stereocenters. The lowest BCUT2D eigenvalue weighted by atomic mass is 9.87. The predicted molar refractivity (Wildman–Crippen MR) is 191 cm³/mol. The van der Waals surface area contributed by atoms with Crippen LogP contribution in [0.15, 0.2) is 103 Å². The van der Waals surface area contributed by atoms with Gasteiger partial charge < -0.3 is 23.5 Å². The number of allylic oxidation sites excluding steroid dienone is 1. The molecule has 0 aromatic heterocycles. The lowest BCUT2D eigenvalue weighted by Gasteiger charge is -2.48. The summed E-state index contributed by atoms with van der Waals surface area (Å²) < 4.78 is 56.0. The number of carbonyl (C=O) groups is 3. The second-order valence-corrected chi connectivity index (χ2v) is 16.5. The third-order valence-electron chi connectivity index (χ3n) is 8.35. The zero-order valence-corrected chi connectivity index (χ0v) is 29.9. The van der Waals surface area contributed by atoms with Gasteiger partial charge in [-0.3, -0.25) is 0 Å². The van der Waals surface area contributed by atoms with Crippen molar-refractivity contribution >= 4 is 41.0 Å². The molecule has 1 saturated heterocycles. The largest absolute Gasteiger partial charge is 0.598 e. The van der Waals surface area contributed by atoms with Crippen molar-refractivity contribution < 1.29 is 42.3 Å². The Morgan fingerprint density at radius 2 is 1.28 bits per heavy atom. The first-order valence-corrected chi connectivity index (χ1v) is 18.5. The lowest BCUT2D eigenvalue weighted by Crippen LogP contribution is -2.67. The van der Waals surface area contributed by atoms with Gasteiger partial charge in [0.05, 0.1) is 22.7 Å². The Labute approximate surface area is 299 Å². The number of hydrogen-bond donors (Lipinski definition) is 1. The maximum Gasteiger partial charge on any atom is 0.338 e. The van der Waals surface area contributed by atoms with Gasteiger partial charge in [0, 0.05) is 16.6 Å². The van der Waals surface area contributed by atoms with Gasteiger partial charge in [-0.2, -0.15) is 0 Å². The number of esters is 3. The molecule has 0 amide bonds. The smallest absolute Gasteiger partial charge is 0.338 e. The first-order chi connectivity index (χ1) is 24.0.